The molecule has 1 aromatic heterocycles. The predicted molar refractivity (Wildman–Crippen MR) is 79.0 cm³/mol. The average Bonchev–Trinajstić information content (AvgIpc) is 2.95. The lowest BCUT2D eigenvalue weighted by molar-refractivity contribution is 0.0953. The Bertz CT molecular complexity index is 612. The van der Waals surface area contributed by atoms with Gasteiger partial charge in [0.1, 0.15) is 5.82 Å². The normalized spacial score (nSPS) is 12.1. The number of hydrogen-bond donors (Lipinski definition) is 2. The summed E-state index contributed by atoms with van der Waals surface area (Å²) in [5.41, 5.74) is 0.412. The number of rotatable bonds is 7. The van der Waals surface area contributed by atoms with Crippen molar-refractivity contribution < 1.29 is 13.7 Å². The summed E-state index contributed by atoms with van der Waals surface area (Å²) in [7, 11) is 1.87. The van der Waals surface area contributed by atoms with Crippen molar-refractivity contribution in [3.63, 3.8) is 0 Å². The molecule has 1 aromatic carbocycles. The zero-order valence-electron chi connectivity index (χ0n) is 12.6. The molecule has 0 saturated carbocycles. The minimum absolute atomic E-state index is 0.261. The molecule has 1 unspecified atom stereocenters. The van der Waals surface area contributed by atoms with Gasteiger partial charge in [-0.05, 0) is 38.2 Å². The Morgan fingerprint density at radius 3 is 2.77 bits per heavy atom. The van der Waals surface area contributed by atoms with E-state index in [9.17, 15) is 9.18 Å². The van der Waals surface area contributed by atoms with Crippen LogP contribution in [0, 0.1) is 5.82 Å². The van der Waals surface area contributed by atoms with E-state index in [2.05, 4.69) is 20.8 Å². The SMILES string of the molecule is CNC(C)Cc1noc(CCNC(=O)c2ccc(F)cc2)n1. The van der Waals surface area contributed by atoms with E-state index in [0.29, 0.717) is 36.7 Å². The zero-order valence-corrected chi connectivity index (χ0v) is 12.6. The quantitative estimate of drug-likeness (QED) is 0.807. The van der Waals surface area contributed by atoms with Crippen molar-refractivity contribution in [1.82, 2.24) is 20.8 Å². The number of nitrogens with one attached hydrogen (secondary N) is 2. The molecule has 22 heavy (non-hydrogen) atoms. The second kappa shape index (κ2) is 7.65. The maximum atomic E-state index is 12.8. The molecule has 0 spiro atoms. The third-order valence-corrected chi connectivity index (χ3v) is 3.22. The summed E-state index contributed by atoms with van der Waals surface area (Å²) in [5.74, 6) is 0.494. The van der Waals surface area contributed by atoms with E-state index in [1.807, 2.05) is 14.0 Å². The molecule has 0 aliphatic carbocycles. The number of benzene rings is 1. The highest BCUT2D eigenvalue weighted by Gasteiger charge is 2.10. The van der Waals surface area contributed by atoms with Crippen LogP contribution < -0.4 is 10.6 Å². The van der Waals surface area contributed by atoms with Gasteiger partial charge in [-0.3, -0.25) is 4.79 Å². The van der Waals surface area contributed by atoms with Crippen LogP contribution in [0.4, 0.5) is 4.39 Å². The molecule has 2 N–H and O–H groups in total. The summed E-state index contributed by atoms with van der Waals surface area (Å²) in [6, 6.07) is 5.65. The van der Waals surface area contributed by atoms with Gasteiger partial charge in [-0.25, -0.2) is 4.39 Å². The topological polar surface area (TPSA) is 80.0 Å². The van der Waals surface area contributed by atoms with E-state index >= 15 is 0 Å². The molecular formula is C15H19FN4O2. The third kappa shape index (κ3) is 4.63. The Morgan fingerprint density at radius 2 is 2.09 bits per heavy atom. The van der Waals surface area contributed by atoms with Gasteiger partial charge in [-0.15, -0.1) is 0 Å². The Hall–Kier alpha value is -2.28. The third-order valence-electron chi connectivity index (χ3n) is 3.22. The van der Waals surface area contributed by atoms with Gasteiger partial charge in [0.15, 0.2) is 5.82 Å². The number of carbonyl (C=O) groups excluding carboxylic acids is 1. The highest BCUT2D eigenvalue weighted by Crippen LogP contribution is 2.03. The highest BCUT2D eigenvalue weighted by atomic mass is 19.1. The van der Waals surface area contributed by atoms with Crippen LogP contribution in [0.2, 0.25) is 0 Å². The van der Waals surface area contributed by atoms with Crippen LogP contribution >= 0.6 is 0 Å². The van der Waals surface area contributed by atoms with E-state index in [0.717, 1.165) is 0 Å². The van der Waals surface area contributed by atoms with Gasteiger partial charge in [-0.1, -0.05) is 5.16 Å². The average molecular weight is 306 g/mol. The van der Waals surface area contributed by atoms with Gasteiger partial charge in [0.2, 0.25) is 5.89 Å². The van der Waals surface area contributed by atoms with Gasteiger partial charge >= 0.3 is 0 Å². The molecule has 1 amide bonds. The first kappa shape index (κ1) is 16.1. The second-order valence-corrected chi connectivity index (χ2v) is 5.01. The fourth-order valence-corrected chi connectivity index (χ4v) is 1.84. The maximum Gasteiger partial charge on any atom is 0.251 e. The lowest BCUT2D eigenvalue weighted by atomic mass is 10.2. The van der Waals surface area contributed by atoms with Crippen LogP contribution in [0.3, 0.4) is 0 Å². The van der Waals surface area contributed by atoms with Crippen LogP contribution in [0.5, 0.6) is 0 Å². The predicted octanol–water partition coefficient (Wildman–Crippen LogP) is 1.33. The van der Waals surface area contributed by atoms with Crippen LogP contribution in [0.25, 0.3) is 0 Å². The highest BCUT2D eigenvalue weighted by molar-refractivity contribution is 5.94. The zero-order chi connectivity index (χ0) is 15.9. The van der Waals surface area contributed by atoms with Crippen LogP contribution in [0.1, 0.15) is 29.0 Å². The number of hydrogen-bond acceptors (Lipinski definition) is 5. The first-order valence-corrected chi connectivity index (χ1v) is 7.11. The number of aromatic nitrogens is 2. The summed E-state index contributed by atoms with van der Waals surface area (Å²) in [4.78, 5) is 16.1. The Labute approximate surface area is 128 Å². The largest absolute Gasteiger partial charge is 0.352 e. The van der Waals surface area contributed by atoms with Crippen molar-refractivity contribution in [2.75, 3.05) is 13.6 Å². The molecule has 0 aliphatic rings. The fraction of sp³-hybridized carbons (Fsp3) is 0.400. The molecule has 1 atom stereocenters. The minimum atomic E-state index is -0.370. The van der Waals surface area contributed by atoms with Crippen LogP contribution in [0.15, 0.2) is 28.8 Å². The van der Waals surface area contributed by atoms with Crippen LogP contribution in [-0.2, 0) is 12.8 Å². The molecule has 118 valence electrons. The Morgan fingerprint density at radius 1 is 1.36 bits per heavy atom. The summed E-state index contributed by atoms with van der Waals surface area (Å²) >= 11 is 0. The number of likely N-dealkylation sites (N-methyl/N-ethyl adjacent to an activating group) is 1. The fourth-order valence-electron chi connectivity index (χ4n) is 1.84. The minimum Gasteiger partial charge on any atom is -0.352 e. The molecule has 1 heterocycles. The summed E-state index contributed by atoms with van der Waals surface area (Å²) in [6.07, 6.45) is 1.13. The van der Waals surface area contributed by atoms with E-state index in [1.165, 1.54) is 24.3 Å². The number of carbonyl (C=O) groups is 1. The van der Waals surface area contributed by atoms with Crippen molar-refractivity contribution in [1.29, 1.82) is 0 Å². The summed E-state index contributed by atoms with van der Waals surface area (Å²) < 4.78 is 17.9. The van der Waals surface area contributed by atoms with Crippen molar-refractivity contribution in [2.45, 2.75) is 25.8 Å². The molecule has 0 bridgehead atoms. The monoisotopic (exact) mass is 306 g/mol. The first-order chi connectivity index (χ1) is 10.6. The number of halogens is 1. The lowest BCUT2D eigenvalue weighted by Crippen LogP contribution is -2.25. The smallest absolute Gasteiger partial charge is 0.251 e. The summed E-state index contributed by atoms with van der Waals surface area (Å²) in [5, 5.41) is 9.71. The van der Waals surface area contributed by atoms with Gasteiger partial charge in [-0.2, -0.15) is 4.98 Å². The Kier molecular flexibility index (Phi) is 5.60. The maximum absolute atomic E-state index is 12.8. The van der Waals surface area contributed by atoms with Gasteiger partial charge < -0.3 is 15.2 Å². The molecule has 0 fully saturated rings. The van der Waals surface area contributed by atoms with Gasteiger partial charge in [0, 0.05) is 31.0 Å². The molecule has 7 heteroatoms. The van der Waals surface area contributed by atoms with Crippen molar-refractivity contribution >= 4 is 5.91 Å². The summed E-state index contributed by atoms with van der Waals surface area (Å²) in [6.45, 7) is 2.40. The number of amides is 1. The Balaban J connectivity index is 1.78. The lowest BCUT2D eigenvalue weighted by Gasteiger charge is -2.04. The molecule has 0 saturated heterocycles. The first-order valence-electron chi connectivity index (χ1n) is 7.11. The molecule has 6 nitrogen and oxygen atoms in total. The second-order valence-electron chi connectivity index (χ2n) is 5.01. The van der Waals surface area contributed by atoms with E-state index in [1.54, 1.807) is 0 Å². The molecule has 2 rings (SSSR count). The van der Waals surface area contributed by atoms with E-state index in [4.69, 9.17) is 4.52 Å². The molecule has 0 radical (unpaired) electrons. The standard InChI is InChI=1S/C15H19FN4O2/c1-10(17-2)9-13-19-14(22-20-13)7-8-18-15(21)11-3-5-12(16)6-4-11/h3-6,10,17H,7-9H2,1-2H3,(H,18,21). The van der Waals surface area contributed by atoms with E-state index < -0.39 is 0 Å². The molecule has 0 aliphatic heterocycles. The van der Waals surface area contributed by atoms with Crippen molar-refractivity contribution in [2.24, 2.45) is 0 Å². The van der Waals surface area contributed by atoms with Crippen molar-refractivity contribution in [3.05, 3.63) is 47.4 Å². The van der Waals surface area contributed by atoms with Crippen molar-refractivity contribution in [3.8, 4) is 0 Å². The molecule has 2 aromatic rings. The van der Waals surface area contributed by atoms with Gasteiger partial charge in [0.25, 0.3) is 5.91 Å². The van der Waals surface area contributed by atoms with Gasteiger partial charge in [0.05, 0.1) is 0 Å². The van der Waals surface area contributed by atoms with E-state index in [-0.39, 0.29) is 17.8 Å². The number of nitrogens with zero attached hydrogens (tertiary/aromatic N) is 2. The van der Waals surface area contributed by atoms with Crippen LogP contribution in [-0.4, -0.2) is 35.7 Å². The molecular weight excluding hydrogens is 287 g/mol.